The van der Waals surface area contributed by atoms with Gasteiger partial charge in [0.1, 0.15) is 0 Å². The van der Waals surface area contributed by atoms with Crippen molar-refractivity contribution in [1.82, 2.24) is 20.8 Å². The van der Waals surface area contributed by atoms with Crippen LogP contribution in [0.25, 0.3) is 0 Å². The molecule has 6 heteroatoms. The van der Waals surface area contributed by atoms with Crippen LogP contribution in [0.15, 0.2) is 12.1 Å². The molecule has 1 aliphatic rings. The van der Waals surface area contributed by atoms with E-state index in [9.17, 15) is 4.79 Å². The van der Waals surface area contributed by atoms with E-state index < -0.39 is 0 Å². The first-order valence-electron chi connectivity index (χ1n) is 5.71. The van der Waals surface area contributed by atoms with Gasteiger partial charge in [0.05, 0.1) is 0 Å². The van der Waals surface area contributed by atoms with Crippen LogP contribution >= 0.6 is 0 Å². The SMILES string of the molecule is CNC(=O)c1ccc(N(C)C2CCNC2)nn1. The maximum Gasteiger partial charge on any atom is 0.271 e. The molecule has 1 aromatic rings. The van der Waals surface area contributed by atoms with Crippen molar-refractivity contribution in [2.45, 2.75) is 12.5 Å². The molecule has 0 saturated carbocycles. The number of anilines is 1. The molecule has 17 heavy (non-hydrogen) atoms. The normalized spacial score (nSPS) is 19.1. The van der Waals surface area contributed by atoms with Gasteiger partial charge in [0.25, 0.3) is 5.91 Å². The van der Waals surface area contributed by atoms with Crippen molar-refractivity contribution in [3.63, 3.8) is 0 Å². The number of amides is 1. The lowest BCUT2D eigenvalue weighted by molar-refractivity contribution is 0.0957. The van der Waals surface area contributed by atoms with E-state index in [1.54, 1.807) is 13.1 Å². The first kappa shape index (κ1) is 11.8. The molecule has 2 N–H and O–H groups in total. The monoisotopic (exact) mass is 235 g/mol. The van der Waals surface area contributed by atoms with Gasteiger partial charge in [-0.2, -0.15) is 0 Å². The van der Waals surface area contributed by atoms with Crippen LogP contribution in [0.1, 0.15) is 16.9 Å². The molecule has 1 aromatic heterocycles. The summed E-state index contributed by atoms with van der Waals surface area (Å²) < 4.78 is 0. The van der Waals surface area contributed by atoms with Gasteiger partial charge in [-0.15, -0.1) is 10.2 Å². The fraction of sp³-hybridized carbons (Fsp3) is 0.545. The molecule has 1 saturated heterocycles. The second-order valence-corrected chi connectivity index (χ2v) is 4.11. The maximum absolute atomic E-state index is 11.3. The van der Waals surface area contributed by atoms with Crippen LogP contribution in [0.4, 0.5) is 5.82 Å². The summed E-state index contributed by atoms with van der Waals surface area (Å²) in [5.41, 5.74) is 0.342. The zero-order valence-corrected chi connectivity index (χ0v) is 10.1. The third kappa shape index (κ3) is 2.52. The topological polar surface area (TPSA) is 70.2 Å². The Morgan fingerprint density at radius 3 is 2.88 bits per heavy atom. The van der Waals surface area contributed by atoms with Gasteiger partial charge in [0.2, 0.25) is 0 Å². The number of nitrogens with zero attached hydrogens (tertiary/aromatic N) is 3. The fourth-order valence-corrected chi connectivity index (χ4v) is 1.92. The number of carbonyl (C=O) groups is 1. The van der Waals surface area contributed by atoms with Crippen molar-refractivity contribution in [2.75, 3.05) is 32.1 Å². The molecular formula is C11H17N5O. The molecule has 6 nitrogen and oxygen atoms in total. The molecule has 0 radical (unpaired) electrons. The minimum Gasteiger partial charge on any atom is -0.354 e. The van der Waals surface area contributed by atoms with Crippen LogP contribution < -0.4 is 15.5 Å². The van der Waals surface area contributed by atoms with Crippen molar-refractivity contribution in [2.24, 2.45) is 0 Å². The van der Waals surface area contributed by atoms with Gasteiger partial charge in [0.15, 0.2) is 11.5 Å². The predicted molar refractivity (Wildman–Crippen MR) is 65.1 cm³/mol. The van der Waals surface area contributed by atoms with Crippen LogP contribution in [0, 0.1) is 0 Å². The Balaban J connectivity index is 2.09. The molecule has 0 spiro atoms. The highest BCUT2D eigenvalue weighted by Crippen LogP contribution is 2.14. The molecule has 1 atom stereocenters. The number of hydrogen-bond acceptors (Lipinski definition) is 5. The van der Waals surface area contributed by atoms with Gasteiger partial charge < -0.3 is 15.5 Å². The van der Waals surface area contributed by atoms with Crippen LogP contribution in [0.2, 0.25) is 0 Å². The van der Waals surface area contributed by atoms with E-state index in [1.807, 2.05) is 13.1 Å². The summed E-state index contributed by atoms with van der Waals surface area (Å²) in [7, 11) is 3.58. The molecule has 0 bridgehead atoms. The lowest BCUT2D eigenvalue weighted by Gasteiger charge is -2.24. The third-order valence-corrected chi connectivity index (χ3v) is 3.05. The van der Waals surface area contributed by atoms with Crippen molar-refractivity contribution in [3.8, 4) is 0 Å². The Kier molecular flexibility index (Phi) is 3.53. The summed E-state index contributed by atoms with van der Waals surface area (Å²) in [6.45, 7) is 2.01. The zero-order valence-electron chi connectivity index (χ0n) is 10.1. The number of rotatable bonds is 3. The highest BCUT2D eigenvalue weighted by molar-refractivity contribution is 5.91. The Hall–Kier alpha value is -1.69. The quantitative estimate of drug-likeness (QED) is 0.748. The van der Waals surface area contributed by atoms with E-state index in [0.29, 0.717) is 11.7 Å². The molecule has 1 aliphatic heterocycles. The molecule has 1 amide bonds. The van der Waals surface area contributed by atoms with Crippen LogP contribution in [0.3, 0.4) is 0 Å². The van der Waals surface area contributed by atoms with Gasteiger partial charge >= 0.3 is 0 Å². The fourth-order valence-electron chi connectivity index (χ4n) is 1.92. The van der Waals surface area contributed by atoms with Crippen molar-refractivity contribution in [1.29, 1.82) is 0 Å². The molecule has 2 heterocycles. The average molecular weight is 235 g/mol. The summed E-state index contributed by atoms with van der Waals surface area (Å²) in [5.74, 6) is 0.584. The second-order valence-electron chi connectivity index (χ2n) is 4.11. The molecule has 1 fully saturated rings. The van der Waals surface area contributed by atoms with E-state index in [4.69, 9.17) is 0 Å². The number of hydrogen-bond donors (Lipinski definition) is 2. The summed E-state index contributed by atoms with van der Waals surface area (Å²) >= 11 is 0. The first-order chi connectivity index (χ1) is 8.22. The lowest BCUT2D eigenvalue weighted by Crippen LogP contribution is -2.34. The molecule has 0 aliphatic carbocycles. The molecule has 0 aromatic carbocycles. The lowest BCUT2D eigenvalue weighted by atomic mass is 10.2. The highest BCUT2D eigenvalue weighted by atomic mass is 16.1. The summed E-state index contributed by atoms with van der Waals surface area (Å²) in [5, 5.41) is 13.8. The van der Waals surface area contributed by atoms with E-state index in [1.165, 1.54) is 0 Å². The minimum atomic E-state index is -0.214. The Labute approximate surface area is 100 Å². The highest BCUT2D eigenvalue weighted by Gasteiger charge is 2.20. The van der Waals surface area contributed by atoms with Gasteiger partial charge in [-0.25, -0.2) is 0 Å². The second kappa shape index (κ2) is 5.09. The standard InChI is InChI=1S/C11H17N5O/c1-12-11(17)9-3-4-10(15-14-9)16(2)8-5-6-13-7-8/h3-4,8,13H,5-7H2,1-2H3,(H,12,17). The predicted octanol–water partition coefficient (Wildman–Crippen LogP) is -0.366. The van der Waals surface area contributed by atoms with Crippen molar-refractivity contribution in [3.05, 3.63) is 17.8 Å². The van der Waals surface area contributed by atoms with E-state index in [2.05, 4.69) is 25.7 Å². The number of carbonyl (C=O) groups excluding carboxylic acids is 1. The minimum absolute atomic E-state index is 0.214. The van der Waals surface area contributed by atoms with Crippen molar-refractivity contribution < 1.29 is 4.79 Å². The van der Waals surface area contributed by atoms with E-state index in [0.717, 1.165) is 25.3 Å². The number of nitrogens with one attached hydrogen (secondary N) is 2. The third-order valence-electron chi connectivity index (χ3n) is 3.05. The van der Waals surface area contributed by atoms with E-state index in [-0.39, 0.29) is 5.91 Å². The van der Waals surface area contributed by atoms with Gasteiger partial charge in [0, 0.05) is 26.7 Å². The summed E-state index contributed by atoms with van der Waals surface area (Å²) in [4.78, 5) is 13.4. The summed E-state index contributed by atoms with van der Waals surface area (Å²) in [6, 6.07) is 3.98. The van der Waals surface area contributed by atoms with Gasteiger partial charge in [-0.3, -0.25) is 4.79 Å². The smallest absolute Gasteiger partial charge is 0.271 e. The van der Waals surface area contributed by atoms with Crippen LogP contribution in [-0.2, 0) is 0 Å². The first-order valence-corrected chi connectivity index (χ1v) is 5.71. The number of aromatic nitrogens is 2. The van der Waals surface area contributed by atoms with E-state index >= 15 is 0 Å². The maximum atomic E-state index is 11.3. The molecular weight excluding hydrogens is 218 g/mol. The Morgan fingerprint density at radius 1 is 1.53 bits per heavy atom. The van der Waals surface area contributed by atoms with Crippen molar-refractivity contribution >= 4 is 11.7 Å². The van der Waals surface area contributed by atoms with Crippen LogP contribution in [0.5, 0.6) is 0 Å². The zero-order chi connectivity index (χ0) is 12.3. The molecule has 1 unspecified atom stereocenters. The summed E-state index contributed by atoms with van der Waals surface area (Å²) in [6.07, 6.45) is 1.11. The van der Waals surface area contributed by atoms with Gasteiger partial charge in [-0.1, -0.05) is 0 Å². The average Bonchev–Trinajstić information content (AvgIpc) is 2.91. The molecule has 92 valence electrons. The molecule has 2 rings (SSSR count). The largest absolute Gasteiger partial charge is 0.354 e. The van der Waals surface area contributed by atoms with Gasteiger partial charge in [-0.05, 0) is 25.1 Å². The Morgan fingerprint density at radius 2 is 2.35 bits per heavy atom. The van der Waals surface area contributed by atoms with Crippen LogP contribution in [-0.4, -0.2) is 49.3 Å². The Bertz CT molecular complexity index is 385. The number of likely N-dealkylation sites (N-methyl/N-ethyl adjacent to an activating group) is 1.